The fourth-order valence-corrected chi connectivity index (χ4v) is 1.82. The van der Waals surface area contributed by atoms with Gasteiger partial charge in [0.25, 0.3) is 0 Å². The van der Waals surface area contributed by atoms with Gasteiger partial charge in [0, 0.05) is 19.6 Å². The zero-order valence-electron chi connectivity index (χ0n) is 14.4. The molecule has 0 aliphatic heterocycles. The number of alkyl halides is 3. The first-order valence-corrected chi connectivity index (χ1v) is 7.77. The number of ether oxygens (including phenoxy) is 1. The number of aliphatic hydroxyl groups excluding tert-OH is 1. The lowest BCUT2D eigenvalue weighted by Gasteiger charge is -2.16. The Balaban J connectivity index is 0.00000576. The molecule has 0 saturated heterocycles. The molecule has 3 N–H and O–H groups in total. The second kappa shape index (κ2) is 11.4. The quantitative estimate of drug-likeness (QED) is 0.321. The summed E-state index contributed by atoms with van der Waals surface area (Å²) in [4.78, 5) is 4.37. The van der Waals surface area contributed by atoms with Crippen molar-refractivity contribution in [1.82, 2.24) is 10.6 Å². The van der Waals surface area contributed by atoms with E-state index in [1.807, 2.05) is 20.8 Å². The molecule has 0 aromatic heterocycles. The largest absolute Gasteiger partial charge is 0.573 e. The van der Waals surface area contributed by atoms with E-state index in [2.05, 4.69) is 20.4 Å². The maximum atomic E-state index is 12.1. The maximum Gasteiger partial charge on any atom is 0.573 e. The highest BCUT2D eigenvalue weighted by Gasteiger charge is 2.31. The Bertz CT molecular complexity index is 522. The van der Waals surface area contributed by atoms with Gasteiger partial charge < -0.3 is 20.5 Å². The molecule has 0 fully saturated rings. The topological polar surface area (TPSA) is 65.9 Å². The average molecular weight is 475 g/mol. The minimum atomic E-state index is -4.73. The monoisotopic (exact) mass is 475 g/mol. The standard InChI is InChI=1S/C16H24F3N3O2.HI/c1-4-20-15(21-9-11(2)3)22-10-14(23)12-5-7-13(8-6-12)24-16(17,18)19;/h5-8,11,14,23H,4,9-10H2,1-3H3,(H2,20,21,22);1H. The van der Waals surface area contributed by atoms with Gasteiger partial charge in [-0.1, -0.05) is 26.0 Å². The third kappa shape index (κ3) is 10.4. The average Bonchev–Trinajstić information content (AvgIpc) is 2.48. The number of hydrogen-bond acceptors (Lipinski definition) is 3. The lowest BCUT2D eigenvalue weighted by Crippen LogP contribution is -2.39. The Morgan fingerprint density at radius 1 is 1.20 bits per heavy atom. The number of benzene rings is 1. The summed E-state index contributed by atoms with van der Waals surface area (Å²) in [5.74, 6) is 0.673. The number of nitrogens with one attached hydrogen (secondary N) is 2. The van der Waals surface area contributed by atoms with Gasteiger partial charge in [-0.15, -0.1) is 37.1 Å². The number of rotatable bonds is 7. The molecule has 1 unspecified atom stereocenters. The van der Waals surface area contributed by atoms with E-state index in [0.29, 0.717) is 30.5 Å². The van der Waals surface area contributed by atoms with Crippen molar-refractivity contribution in [2.45, 2.75) is 33.2 Å². The van der Waals surface area contributed by atoms with Crippen molar-refractivity contribution < 1.29 is 23.0 Å². The van der Waals surface area contributed by atoms with Gasteiger partial charge in [0.15, 0.2) is 5.96 Å². The van der Waals surface area contributed by atoms with E-state index in [9.17, 15) is 18.3 Å². The summed E-state index contributed by atoms with van der Waals surface area (Å²) >= 11 is 0. The number of aliphatic hydroxyl groups is 1. The molecular weight excluding hydrogens is 450 g/mol. The number of guanidine groups is 1. The lowest BCUT2D eigenvalue weighted by atomic mass is 10.1. The van der Waals surface area contributed by atoms with E-state index in [-0.39, 0.29) is 36.3 Å². The summed E-state index contributed by atoms with van der Waals surface area (Å²) in [5.41, 5.74) is 0.483. The summed E-state index contributed by atoms with van der Waals surface area (Å²) in [7, 11) is 0. The lowest BCUT2D eigenvalue weighted by molar-refractivity contribution is -0.274. The van der Waals surface area contributed by atoms with Gasteiger partial charge in [-0.25, -0.2) is 0 Å². The third-order valence-corrected chi connectivity index (χ3v) is 2.92. The van der Waals surface area contributed by atoms with Gasteiger partial charge >= 0.3 is 6.36 Å². The smallest absolute Gasteiger partial charge is 0.406 e. The highest BCUT2D eigenvalue weighted by atomic mass is 127. The highest BCUT2D eigenvalue weighted by molar-refractivity contribution is 14.0. The van der Waals surface area contributed by atoms with Crippen LogP contribution in [0.2, 0.25) is 0 Å². The molecule has 1 aromatic rings. The van der Waals surface area contributed by atoms with E-state index in [0.717, 1.165) is 0 Å². The summed E-state index contributed by atoms with van der Waals surface area (Å²) in [6.07, 6.45) is -5.61. The second-order valence-electron chi connectivity index (χ2n) is 5.63. The highest BCUT2D eigenvalue weighted by Crippen LogP contribution is 2.24. The van der Waals surface area contributed by atoms with E-state index in [4.69, 9.17) is 0 Å². The summed E-state index contributed by atoms with van der Waals surface area (Å²) in [6, 6.07) is 5.13. The molecule has 0 amide bonds. The predicted molar refractivity (Wildman–Crippen MR) is 102 cm³/mol. The van der Waals surface area contributed by atoms with Crippen molar-refractivity contribution in [1.29, 1.82) is 0 Å². The molecule has 0 aliphatic carbocycles. The molecule has 9 heteroatoms. The van der Waals surface area contributed by atoms with Crippen LogP contribution in [-0.4, -0.2) is 37.1 Å². The van der Waals surface area contributed by atoms with Crippen LogP contribution in [-0.2, 0) is 0 Å². The number of aliphatic imine (C=N–C) groups is 1. The van der Waals surface area contributed by atoms with Crippen LogP contribution in [0, 0.1) is 5.92 Å². The molecule has 0 aliphatic rings. The van der Waals surface area contributed by atoms with Crippen molar-refractivity contribution in [3.63, 3.8) is 0 Å². The number of halogens is 4. The summed E-state index contributed by atoms with van der Waals surface area (Å²) < 4.78 is 40.1. The fraction of sp³-hybridized carbons (Fsp3) is 0.562. The van der Waals surface area contributed by atoms with Crippen LogP contribution >= 0.6 is 24.0 Å². The van der Waals surface area contributed by atoms with Crippen molar-refractivity contribution in [3.05, 3.63) is 29.8 Å². The molecule has 0 bridgehead atoms. The molecule has 1 rings (SSSR count). The van der Waals surface area contributed by atoms with Gasteiger partial charge in [0.2, 0.25) is 0 Å². The van der Waals surface area contributed by atoms with Gasteiger partial charge in [0.05, 0.1) is 6.10 Å². The van der Waals surface area contributed by atoms with E-state index in [1.54, 1.807) is 0 Å². The Morgan fingerprint density at radius 2 is 1.80 bits per heavy atom. The Hall–Kier alpha value is -1.23. The van der Waals surface area contributed by atoms with E-state index >= 15 is 0 Å². The normalized spacial score (nSPS) is 13.2. The van der Waals surface area contributed by atoms with Gasteiger partial charge in [0.1, 0.15) is 5.75 Å². The first kappa shape index (κ1) is 23.8. The molecule has 0 saturated carbocycles. The minimum Gasteiger partial charge on any atom is -0.406 e. The van der Waals surface area contributed by atoms with Gasteiger partial charge in [-0.3, -0.25) is 4.99 Å². The molecule has 0 heterocycles. The van der Waals surface area contributed by atoms with Crippen molar-refractivity contribution in [3.8, 4) is 5.75 Å². The molecule has 25 heavy (non-hydrogen) atoms. The first-order valence-electron chi connectivity index (χ1n) is 7.77. The van der Waals surface area contributed by atoms with Crippen LogP contribution in [0.4, 0.5) is 13.2 Å². The fourth-order valence-electron chi connectivity index (χ4n) is 1.82. The Kier molecular flexibility index (Phi) is 10.8. The Labute approximate surface area is 163 Å². The minimum absolute atomic E-state index is 0. The summed E-state index contributed by atoms with van der Waals surface area (Å²) in [6.45, 7) is 7.54. The third-order valence-electron chi connectivity index (χ3n) is 2.92. The first-order chi connectivity index (χ1) is 11.2. The second-order valence-corrected chi connectivity index (χ2v) is 5.63. The molecular formula is C16H25F3IN3O2. The van der Waals surface area contributed by atoms with Crippen LogP contribution in [0.5, 0.6) is 5.75 Å². The molecule has 0 spiro atoms. The van der Waals surface area contributed by atoms with E-state index < -0.39 is 12.5 Å². The zero-order valence-corrected chi connectivity index (χ0v) is 16.8. The van der Waals surface area contributed by atoms with Crippen LogP contribution in [0.25, 0.3) is 0 Å². The zero-order chi connectivity index (χ0) is 18.2. The van der Waals surface area contributed by atoms with Gasteiger partial charge in [-0.05, 0) is 30.5 Å². The van der Waals surface area contributed by atoms with Crippen LogP contribution in [0.3, 0.4) is 0 Å². The molecule has 5 nitrogen and oxygen atoms in total. The molecule has 1 atom stereocenters. The number of hydrogen-bond donors (Lipinski definition) is 3. The van der Waals surface area contributed by atoms with Gasteiger partial charge in [-0.2, -0.15) is 0 Å². The maximum absolute atomic E-state index is 12.1. The number of nitrogens with zero attached hydrogens (tertiary/aromatic N) is 1. The van der Waals surface area contributed by atoms with Crippen molar-refractivity contribution in [2.75, 3.05) is 19.6 Å². The predicted octanol–water partition coefficient (Wildman–Crippen LogP) is 3.45. The van der Waals surface area contributed by atoms with E-state index in [1.165, 1.54) is 24.3 Å². The van der Waals surface area contributed by atoms with Crippen LogP contribution < -0.4 is 15.4 Å². The van der Waals surface area contributed by atoms with Crippen LogP contribution in [0.1, 0.15) is 32.4 Å². The van der Waals surface area contributed by atoms with Crippen molar-refractivity contribution >= 4 is 29.9 Å². The molecule has 144 valence electrons. The Morgan fingerprint density at radius 3 is 2.28 bits per heavy atom. The van der Waals surface area contributed by atoms with Crippen molar-refractivity contribution in [2.24, 2.45) is 10.9 Å². The molecule has 1 aromatic carbocycles. The molecule has 0 radical (unpaired) electrons. The SMILES string of the molecule is CCNC(=NCC(C)C)NCC(O)c1ccc(OC(F)(F)F)cc1.I. The summed E-state index contributed by atoms with van der Waals surface area (Å²) in [5, 5.41) is 16.2. The van der Waals surface area contributed by atoms with Crippen LogP contribution in [0.15, 0.2) is 29.3 Å².